The van der Waals surface area contributed by atoms with Gasteiger partial charge in [-0.15, -0.1) is 11.3 Å². The average Bonchev–Trinajstić information content (AvgIpc) is 3.13. The van der Waals surface area contributed by atoms with Crippen LogP contribution in [0.25, 0.3) is 10.1 Å². The van der Waals surface area contributed by atoms with Crippen molar-refractivity contribution in [3.63, 3.8) is 0 Å². The van der Waals surface area contributed by atoms with Crippen LogP contribution < -0.4 is 10.2 Å². The van der Waals surface area contributed by atoms with Gasteiger partial charge in [0.1, 0.15) is 5.82 Å². The van der Waals surface area contributed by atoms with Gasteiger partial charge in [0, 0.05) is 43.9 Å². The Balaban J connectivity index is 1.27. The average molecular weight is 338 g/mol. The minimum atomic E-state index is 0.804. The van der Waals surface area contributed by atoms with Gasteiger partial charge in [0.15, 0.2) is 0 Å². The normalized spacial score (nSPS) is 15.8. The van der Waals surface area contributed by atoms with E-state index in [0.29, 0.717) is 0 Å². The highest BCUT2D eigenvalue weighted by atomic mass is 32.1. The van der Waals surface area contributed by atoms with Crippen LogP contribution in [0.4, 0.5) is 11.5 Å². The third-order valence-corrected chi connectivity index (χ3v) is 5.79. The predicted octanol–water partition coefficient (Wildman–Crippen LogP) is 4.41. The molecule has 24 heavy (non-hydrogen) atoms. The number of nitrogens with zero attached hydrogens (tertiary/aromatic N) is 3. The summed E-state index contributed by atoms with van der Waals surface area (Å²) < 4.78 is 1.27. The number of anilines is 2. The van der Waals surface area contributed by atoms with Gasteiger partial charge >= 0.3 is 0 Å². The van der Waals surface area contributed by atoms with E-state index in [9.17, 15) is 0 Å². The maximum Gasteiger partial charge on any atom is 0.143 e. The molecule has 4 nitrogen and oxygen atoms in total. The highest BCUT2D eigenvalue weighted by Gasteiger charge is 2.19. The summed E-state index contributed by atoms with van der Waals surface area (Å²) in [5, 5.41) is 6.95. The van der Waals surface area contributed by atoms with E-state index in [2.05, 4.69) is 49.8 Å². The van der Waals surface area contributed by atoms with Crippen LogP contribution >= 0.6 is 11.3 Å². The van der Waals surface area contributed by atoms with Crippen LogP contribution in [0.2, 0.25) is 0 Å². The number of pyridine rings is 2. The molecule has 0 aliphatic carbocycles. The van der Waals surface area contributed by atoms with Gasteiger partial charge in [-0.1, -0.05) is 0 Å². The van der Waals surface area contributed by atoms with E-state index >= 15 is 0 Å². The lowest BCUT2D eigenvalue weighted by atomic mass is 9.93. The summed E-state index contributed by atoms with van der Waals surface area (Å²) in [7, 11) is 0. The number of rotatable bonds is 5. The molecule has 3 aromatic rings. The fraction of sp³-hybridized carbons (Fsp3) is 0.368. The van der Waals surface area contributed by atoms with Gasteiger partial charge < -0.3 is 10.2 Å². The Hall–Kier alpha value is -2.14. The molecule has 5 heteroatoms. The van der Waals surface area contributed by atoms with Crippen molar-refractivity contribution < 1.29 is 0 Å². The van der Waals surface area contributed by atoms with Gasteiger partial charge in [-0.05, 0) is 60.2 Å². The summed E-state index contributed by atoms with van der Waals surface area (Å²) in [5.74, 6) is 1.84. The van der Waals surface area contributed by atoms with Gasteiger partial charge in [0.05, 0.1) is 4.70 Å². The lowest BCUT2D eigenvalue weighted by Gasteiger charge is -2.33. The molecule has 0 saturated carbocycles. The number of nitrogens with one attached hydrogen (secondary N) is 1. The van der Waals surface area contributed by atoms with E-state index in [-0.39, 0.29) is 0 Å². The quantitative estimate of drug-likeness (QED) is 0.748. The van der Waals surface area contributed by atoms with Crippen LogP contribution in [0, 0.1) is 5.92 Å². The SMILES string of the molecule is c1cc(N2CCC(CCNc3nccc4ccsc34)CC2)ccn1. The zero-order valence-electron chi connectivity index (χ0n) is 13.7. The first kappa shape index (κ1) is 15.4. The number of hydrogen-bond acceptors (Lipinski definition) is 5. The van der Waals surface area contributed by atoms with Crippen LogP contribution in [-0.2, 0) is 0 Å². The first-order valence-electron chi connectivity index (χ1n) is 8.61. The van der Waals surface area contributed by atoms with Gasteiger partial charge in [0.2, 0.25) is 0 Å². The molecule has 0 aromatic carbocycles. The zero-order valence-corrected chi connectivity index (χ0v) is 14.5. The molecule has 0 spiro atoms. The summed E-state index contributed by atoms with van der Waals surface area (Å²) in [6.45, 7) is 3.30. The van der Waals surface area contributed by atoms with E-state index in [1.165, 1.54) is 35.0 Å². The van der Waals surface area contributed by atoms with Crippen molar-refractivity contribution in [2.75, 3.05) is 29.9 Å². The second-order valence-corrected chi connectivity index (χ2v) is 7.27. The fourth-order valence-electron chi connectivity index (χ4n) is 3.45. The molecular formula is C19H22N4S. The van der Waals surface area contributed by atoms with E-state index < -0.39 is 0 Å². The van der Waals surface area contributed by atoms with Crippen LogP contribution in [0.15, 0.2) is 48.2 Å². The minimum absolute atomic E-state index is 0.804. The molecule has 0 radical (unpaired) electrons. The van der Waals surface area contributed by atoms with E-state index in [1.54, 1.807) is 11.3 Å². The van der Waals surface area contributed by atoms with Crippen molar-refractivity contribution in [2.24, 2.45) is 5.92 Å². The zero-order chi connectivity index (χ0) is 16.2. The Labute approximate surface area is 146 Å². The molecule has 1 N–H and O–H groups in total. The Morgan fingerprint density at radius 1 is 1.08 bits per heavy atom. The maximum atomic E-state index is 4.50. The predicted molar refractivity (Wildman–Crippen MR) is 102 cm³/mol. The van der Waals surface area contributed by atoms with Crippen molar-refractivity contribution >= 4 is 32.9 Å². The van der Waals surface area contributed by atoms with Crippen molar-refractivity contribution in [3.05, 3.63) is 48.2 Å². The van der Waals surface area contributed by atoms with Crippen LogP contribution in [0.5, 0.6) is 0 Å². The molecule has 4 rings (SSSR count). The first-order valence-corrected chi connectivity index (χ1v) is 9.49. The van der Waals surface area contributed by atoms with Crippen LogP contribution in [0.3, 0.4) is 0 Å². The Morgan fingerprint density at radius 3 is 2.75 bits per heavy atom. The van der Waals surface area contributed by atoms with Crippen molar-refractivity contribution in [2.45, 2.75) is 19.3 Å². The molecule has 1 aliphatic rings. The smallest absolute Gasteiger partial charge is 0.143 e. The van der Waals surface area contributed by atoms with Gasteiger partial charge in [-0.2, -0.15) is 0 Å². The highest BCUT2D eigenvalue weighted by Crippen LogP contribution is 2.28. The molecule has 0 amide bonds. The molecule has 0 bridgehead atoms. The topological polar surface area (TPSA) is 41.0 Å². The lowest BCUT2D eigenvalue weighted by Crippen LogP contribution is -2.34. The van der Waals surface area contributed by atoms with Gasteiger partial charge in [-0.3, -0.25) is 4.98 Å². The Kier molecular flexibility index (Phi) is 4.60. The number of thiophene rings is 1. The molecule has 0 atom stereocenters. The second-order valence-electron chi connectivity index (χ2n) is 6.35. The largest absolute Gasteiger partial charge is 0.371 e. The molecule has 1 aliphatic heterocycles. The monoisotopic (exact) mass is 338 g/mol. The van der Waals surface area contributed by atoms with E-state index in [4.69, 9.17) is 0 Å². The molecular weight excluding hydrogens is 316 g/mol. The molecule has 3 aromatic heterocycles. The van der Waals surface area contributed by atoms with Crippen molar-refractivity contribution in [1.29, 1.82) is 0 Å². The number of hydrogen-bond donors (Lipinski definition) is 1. The summed E-state index contributed by atoms with van der Waals surface area (Å²) >= 11 is 1.76. The summed E-state index contributed by atoms with van der Waals surface area (Å²) in [4.78, 5) is 11.1. The van der Waals surface area contributed by atoms with Gasteiger partial charge in [-0.25, -0.2) is 4.98 Å². The number of piperidine rings is 1. The Morgan fingerprint density at radius 2 is 1.92 bits per heavy atom. The molecule has 124 valence electrons. The Bertz CT molecular complexity index is 778. The highest BCUT2D eigenvalue weighted by molar-refractivity contribution is 7.17. The third kappa shape index (κ3) is 3.36. The van der Waals surface area contributed by atoms with Crippen molar-refractivity contribution in [1.82, 2.24) is 9.97 Å². The first-order chi connectivity index (χ1) is 11.9. The summed E-state index contributed by atoms with van der Waals surface area (Å²) in [5.41, 5.74) is 1.30. The molecule has 1 fully saturated rings. The standard InChI is InChI=1S/C19H22N4S/c1(10-21-19-18-16(2-11-22-19)7-14-24-18)15-5-12-23(13-6-15)17-3-8-20-9-4-17/h2-4,7-9,11,14-15H,1,5-6,10,12-13H2,(H,21,22). The van der Waals surface area contributed by atoms with Gasteiger partial charge in [0.25, 0.3) is 0 Å². The molecule has 1 saturated heterocycles. The van der Waals surface area contributed by atoms with E-state index in [0.717, 1.165) is 31.4 Å². The van der Waals surface area contributed by atoms with Crippen LogP contribution in [-0.4, -0.2) is 29.6 Å². The van der Waals surface area contributed by atoms with Crippen molar-refractivity contribution in [3.8, 4) is 0 Å². The van der Waals surface area contributed by atoms with Crippen LogP contribution in [0.1, 0.15) is 19.3 Å². The minimum Gasteiger partial charge on any atom is -0.371 e. The molecule has 4 heterocycles. The number of fused-ring (bicyclic) bond motifs is 1. The lowest BCUT2D eigenvalue weighted by molar-refractivity contribution is 0.389. The summed E-state index contributed by atoms with van der Waals surface area (Å²) in [6, 6.07) is 8.44. The number of aromatic nitrogens is 2. The fourth-order valence-corrected chi connectivity index (χ4v) is 4.31. The maximum absolute atomic E-state index is 4.50. The molecule has 0 unspecified atom stereocenters. The summed E-state index contributed by atoms with van der Waals surface area (Å²) in [6.07, 6.45) is 9.40. The second kappa shape index (κ2) is 7.18. The third-order valence-electron chi connectivity index (χ3n) is 4.86. The van der Waals surface area contributed by atoms with E-state index in [1.807, 2.05) is 18.6 Å².